The molecule has 0 fully saturated rings. The number of nitrogens with zero attached hydrogens (tertiary/aromatic N) is 3. The molecular weight excluding hydrogens is 480 g/mol. The lowest BCUT2D eigenvalue weighted by atomic mass is 10.2. The number of rotatable bonds is 8. The highest BCUT2D eigenvalue weighted by atomic mass is 32.2. The van der Waals surface area contributed by atoms with Crippen LogP contribution in [0.5, 0.6) is 0 Å². The van der Waals surface area contributed by atoms with Gasteiger partial charge in [-0.05, 0) is 54.3 Å². The zero-order valence-electron chi connectivity index (χ0n) is 17.5. The van der Waals surface area contributed by atoms with Crippen molar-refractivity contribution in [3.05, 3.63) is 81.3 Å². The van der Waals surface area contributed by atoms with Gasteiger partial charge in [0, 0.05) is 12.2 Å². The molecule has 0 aliphatic carbocycles. The Kier molecular flexibility index (Phi) is 6.52. The molecule has 2 N–H and O–H groups in total. The number of aryl methyl sites for hydroxylation is 1. The number of fused-ring (bicyclic) bond motifs is 1. The Morgan fingerprint density at radius 3 is 2.47 bits per heavy atom. The summed E-state index contributed by atoms with van der Waals surface area (Å²) >= 11 is 1.26. The van der Waals surface area contributed by atoms with Gasteiger partial charge in [0.2, 0.25) is 0 Å². The molecule has 2 aromatic carbocycles. The maximum Gasteiger partial charge on any atom is 0.322 e. The van der Waals surface area contributed by atoms with Crippen molar-refractivity contribution in [2.45, 2.75) is 23.1 Å². The Hall–Kier alpha value is -3.90. The first-order chi connectivity index (χ1) is 16.3. The lowest BCUT2D eigenvalue weighted by Crippen LogP contribution is -2.34. The Morgan fingerprint density at radius 1 is 1.06 bits per heavy atom. The molecule has 0 aliphatic heterocycles. The van der Waals surface area contributed by atoms with Gasteiger partial charge in [0.25, 0.3) is 11.5 Å². The minimum Gasteiger partial charge on any atom is -0.480 e. The van der Waals surface area contributed by atoms with Gasteiger partial charge in [-0.3, -0.25) is 14.4 Å². The van der Waals surface area contributed by atoms with E-state index in [2.05, 4.69) is 15.6 Å². The molecule has 0 bridgehead atoms. The molecule has 1 unspecified atom stereocenters. The summed E-state index contributed by atoms with van der Waals surface area (Å²) in [5.74, 6) is -1.88. The van der Waals surface area contributed by atoms with Crippen LogP contribution in [-0.2, 0) is 21.2 Å². The molecule has 4 rings (SSSR count). The van der Waals surface area contributed by atoms with Gasteiger partial charge in [0.05, 0.1) is 15.2 Å². The number of aliphatic carboxylic acids is 1. The highest BCUT2D eigenvalue weighted by Gasteiger charge is 2.34. The first-order valence-corrected chi connectivity index (χ1v) is 12.4. The maximum atomic E-state index is 13.0. The summed E-state index contributed by atoms with van der Waals surface area (Å²) in [6.45, 7) is -0.248. The Bertz CT molecular complexity index is 1510. The second-order valence-corrected chi connectivity index (χ2v) is 10.3. The summed E-state index contributed by atoms with van der Waals surface area (Å²) in [7, 11) is -4.29. The molecule has 34 heavy (non-hydrogen) atoms. The van der Waals surface area contributed by atoms with Crippen LogP contribution in [0.1, 0.15) is 16.1 Å². The number of thiophene rings is 1. The van der Waals surface area contributed by atoms with Gasteiger partial charge in [-0.2, -0.15) is 0 Å². The molecular formula is C22H18N4O6S2. The molecule has 4 aromatic rings. The van der Waals surface area contributed by atoms with E-state index >= 15 is 0 Å². The van der Waals surface area contributed by atoms with E-state index in [4.69, 9.17) is 0 Å². The van der Waals surface area contributed by atoms with Crippen molar-refractivity contribution in [1.29, 1.82) is 0 Å². The van der Waals surface area contributed by atoms with Crippen LogP contribution in [0.2, 0.25) is 0 Å². The standard InChI is InChI=1S/C22H18N4O6S2/c27-20(18-6-3-13-33-18)23-14-7-9-15(10-8-14)34(31,32)19(22(29)30)11-12-26-21(28)16-4-1-2-5-17(16)24-25-26/h1-10,13,19H,11-12H2,(H,23,27)(H,29,30). The number of carboxylic acids is 1. The van der Waals surface area contributed by atoms with Gasteiger partial charge in [-0.25, -0.2) is 13.1 Å². The molecule has 2 heterocycles. The number of carboxylic acid groups (broad SMARTS) is 1. The van der Waals surface area contributed by atoms with Crippen LogP contribution in [0.15, 0.2) is 75.7 Å². The van der Waals surface area contributed by atoms with Crippen LogP contribution in [-0.4, -0.2) is 45.6 Å². The summed E-state index contributed by atoms with van der Waals surface area (Å²) in [5, 5.41) is 20.2. The van der Waals surface area contributed by atoms with Crippen molar-refractivity contribution in [3.8, 4) is 0 Å². The minimum absolute atomic E-state index is 0.217. The number of hydrogen-bond acceptors (Lipinski definition) is 8. The van der Waals surface area contributed by atoms with Gasteiger partial charge < -0.3 is 10.4 Å². The smallest absolute Gasteiger partial charge is 0.322 e. The van der Waals surface area contributed by atoms with Crippen LogP contribution in [0.25, 0.3) is 10.9 Å². The van der Waals surface area contributed by atoms with Crippen molar-refractivity contribution < 1.29 is 23.1 Å². The number of nitrogens with one attached hydrogen (secondary N) is 1. The predicted octanol–water partition coefficient (Wildman–Crippen LogP) is 2.42. The fourth-order valence-corrected chi connectivity index (χ4v) is 5.46. The van der Waals surface area contributed by atoms with E-state index in [0.717, 1.165) is 4.68 Å². The van der Waals surface area contributed by atoms with E-state index in [1.807, 2.05) is 0 Å². The van der Waals surface area contributed by atoms with Gasteiger partial charge >= 0.3 is 5.97 Å². The largest absolute Gasteiger partial charge is 0.480 e. The van der Waals surface area contributed by atoms with E-state index in [-0.39, 0.29) is 23.8 Å². The third kappa shape index (κ3) is 4.72. The normalized spacial score (nSPS) is 12.4. The fourth-order valence-electron chi connectivity index (χ4n) is 3.31. The zero-order chi connectivity index (χ0) is 24.3. The number of aromatic nitrogens is 3. The number of carbonyl (C=O) groups excluding carboxylic acids is 1. The summed E-state index contributed by atoms with van der Waals surface area (Å²) in [6.07, 6.45) is -0.387. The van der Waals surface area contributed by atoms with Crippen LogP contribution < -0.4 is 10.9 Å². The molecule has 10 nitrogen and oxygen atoms in total. The van der Waals surface area contributed by atoms with E-state index in [1.165, 1.54) is 35.6 Å². The lowest BCUT2D eigenvalue weighted by Gasteiger charge is -2.14. The Morgan fingerprint density at radius 2 is 1.79 bits per heavy atom. The SMILES string of the molecule is O=C(Nc1ccc(S(=O)(=O)C(CCn2nnc3ccccc3c2=O)C(=O)O)cc1)c1cccs1. The van der Waals surface area contributed by atoms with E-state index in [0.29, 0.717) is 21.5 Å². The monoisotopic (exact) mass is 498 g/mol. The fraction of sp³-hybridized carbons (Fsp3) is 0.136. The molecule has 2 aromatic heterocycles. The van der Waals surface area contributed by atoms with Crippen molar-refractivity contribution in [3.63, 3.8) is 0 Å². The minimum atomic E-state index is -4.29. The summed E-state index contributed by atoms with van der Waals surface area (Å²) < 4.78 is 27.0. The van der Waals surface area contributed by atoms with Crippen molar-refractivity contribution in [2.75, 3.05) is 5.32 Å². The summed E-state index contributed by atoms with van der Waals surface area (Å²) in [4.78, 5) is 36.8. The maximum absolute atomic E-state index is 13.0. The van der Waals surface area contributed by atoms with Crippen molar-refractivity contribution in [1.82, 2.24) is 15.0 Å². The topological polar surface area (TPSA) is 148 Å². The molecule has 0 aliphatic rings. The highest BCUT2D eigenvalue weighted by Crippen LogP contribution is 2.22. The van der Waals surface area contributed by atoms with Gasteiger partial charge in [0.1, 0.15) is 5.52 Å². The lowest BCUT2D eigenvalue weighted by molar-refractivity contribution is -0.136. The first-order valence-electron chi connectivity index (χ1n) is 10.0. The van der Waals surface area contributed by atoms with Crippen molar-refractivity contribution in [2.24, 2.45) is 0 Å². The summed E-state index contributed by atoms with van der Waals surface area (Å²) in [5.41, 5.74) is 0.262. The second-order valence-electron chi connectivity index (χ2n) is 7.25. The van der Waals surface area contributed by atoms with E-state index < -0.39 is 26.6 Å². The first kappa shape index (κ1) is 23.3. The molecule has 0 saturated carbocycles. The zero-order valence-corrected chi connectivity index (χ0v) is 19.1. The molecule has 1 atom stereocenters. The number of benzene rings is 2. The molecule has 0 radical (unpaired) electrons. The van der Waals surface area contributed by atoms with Crippen LogP contribution in [0, 0.1) is 0 Å². The van der Waals surface area contributed by atoms with Crippen molar-refractivity contribution >= 4 is 49.6 Å². The number of sulfone groups is 1. The molecule has 0 saturated heterocycles. The van der Waals surface area contributed by atoms with Crippen LogP contribution >= 0.6 is 11.3 Å². The van der Waals surface area contributed by atoms with Gasteiger partial charge in [-0.1, -0.05) is 23.4 Å². The molecule has 0 spiro atoms. The summed E-state index contributed by atoms with van der Waals surface area (Å²) in [6, 6.07) is 15.2. The molecule has 12 heteroatoms. The molecule has 1 amide bonds. The number of amides is 1. The highest BCUT2D eigenvalue weighted by molar-refractivity contribution is 7.92. The number of anilines is 1. The molecule has 174 valence electrons. The van der Waals surface area contributed by atoms with Gasteiger partial charge in [-0.15, -0.1) is 16.4 Å². The quantitative estimate of drug-likeness (QED) is 0.376. The second kappa shape index (κ2) is 9.53. The average molecular weight is 499 g/mol. The Balaban J connectivity index is 1.52. The van der Waals surface area contributed by atoms with Gasteiger partial charge in [0.15, 0.2) is 15.1 Å². The average Bonchev–Trinajstić information content (AvgIpc) is 3.36. The number of carbonyl (C=O) groups is 2. The third-order valence-electron chi connectivity index (χ3n) is 5.07. The Labute approximate surface area is 197 Å². The predicted molar refractivity (Wildman–Crippen MR) is 126 cm³/mol. The number of hydrogen-bond donors (Lipinski definition) is 2. The third-order valence-corrected chi connectivity index (χ3v) is 8.05. The van der Waals surface area contributed by atoms with E-state index in [9.17, 15) is 27.9 Å². The van der Waals surface area contributed by atoms with Crippen LogP contribution in [0.4, 0.5) is 5.69 Å². The van der Waals surface area contributed by atoms with E-state index in [1.54, 1.807) is 41.8 Å². The van der Waals surface area contributed by atoms with Crippen LogP contribution in [0.3, 0.4) is 0 Å².